The van der Waals surface area contributed by atoms with Crippen molar-refractivity contribution in [3.05, 3.63) is 0 Å². The summed E-state index contributed by atoms with van der Waals surface area (Å²) in [5, 5.41) is 12.5. The van der Waals surface area contributed by atoms with Crippen LogP contribution in [0, 0.1) is 0 Å². The minimum absolute atomic E-state index is 0.252. The van der Waals surface area contributed by atoms with Crippen molar-refractivity contribution in [2.75, 3.05) is 45.8 Å². The molecule has 0 bridgehead atoms. The van der Waals surface area contributed by atoms with Crippen LogP contribution >= 0.6 is 11.8 Å². The molecule has 0 rings (SSSR count). The van der Waals surface area contributed by atoms with Crippen LogP contribution in [0.4, 0.5) is 0 Å². The van der Waals surface area contributed by atoms with Gasteiger partial charge < -0.3 is 15.3 Å². The highest BCUT2D eigenvalue weighted by atomic mass is 32.2. The summed E-state index contributed by atoms with van der Waals surface area (Å²) in [7, 11) is 4.12. The molecule has 0 aromatic rings. The average molecular weight is 220 g/mol. The van der Waals surface area contributed by atoms with Crippen LogP contribution in [0.25, 0.3) is 0 Å². The second-order valence-corrected chi connectivity index (χ2v) is 4.76. The smallest absolute Gasteiger partial charge is 0.0584 e. The molecule has 0 aromatic heterocycles. The molecule has 0 saturated heterocycles. The van der Waals surface area contributed by atoms with Gasteiger partial charge in [0, 0.05) is 19.1 Å². The molecule has 86 valence electrons. The minimum Gasteiger partial charge on any atom is -0.395 e. The summed E-state index contributed by atoms with van der Waals surface area (Å²) in [4.78, 5) is 2.14. The van der Waals surface area contributed by atoms with Gasteiger partial charge in [0.2, 0.25) is 0 Å². The van der Waals surface area contributed by atoms with Crippen molar-refractivity contribution in [3.63, 3.8) is 0 Å². The summed E-state index contributed by atoms with van der Waals surface area (Å²) >= 11 is 1.87. The molecule has 0 spiro atoms. The molecule has 14 heavy (non-hydrogen) atoms. The van der Waals surface area contributed by atoms with Crippen molar-refractivity contribution >= 4 is 11.8 Å². The van der Waals surface area contributed by atoms with E-state index in [0.29, 0.717) is 0 Å². The van der Waals surface area contributed by atoms with Gasteiger partial charge in [-0.25, -0.2) is 0 Å². The van der Waals surface area contributed by atoms with Crippen LogP contribution in [0.5, 0.6) is 0 Å². The van der Waals surface area contributed by atoms with Gasteiger partial charge in [0.05, 0.1) is 6.61 Å². The molecule has 0 aliphatic heterocycles. The number of aliphatic hydroxyl groups excluding tert-OH is 1. The van der Waals surface area contributed by atoms with E-state index in [9.17, 15) is 0 Å². The van der Waals surface area contributed by atoms with E-state index in [4.69, 9.17) is 5.11 Å². The third-order valence-corrected chi connectivity index (χ3v) is 2.81. The molecule has 2 N–H and O–H groups in total. The summed E-state index contributed by atoms with van der Waals surface area (Å²) in [5.41, 5.74) is 0. The highest BCUT2D eigenvalue weighted by Gasteiger charge is 2.05. The maximum atomic E-state index is 9.11. The Morgan fingerprint density at radius 3 is 2.64 bits per heavy atom. The number of rotatable bonds is 9. The Labute approximate surface area is 92.3 Å². The first-order valence-electron chi connectivity index (χ1n) is 5.18. The third kappa shape index (κ3) is 8.81. The van der Waals surface area contributed by atoms with Crippen molar-refractivity contribution in [1.82, 2.24) is 10.2 Å². The SMILES string of the molecule is CSCCCC(CO)NCCN(C)C. The van der Waals surface area contributed by atoms with E-state index in [0.717, 1.165) is 19.5 Å². The zero-order valence-corrected chi connectivity index (χ0v) is 10.4. The number of aliphatic hydroxyl groups is 1. The van der Waals surface area contributed by atoms with E-state index in [1.807, 2.05) is 11.8 Å². The zero-order chi connectivity index (χ0) is 10.8. The number of hydrogen-bond donors (Lipinski definition) is 2. The third-order valence-electron chi connectivity index (χ3n) is 2.11. The molecule has 0 aliphatic rings. The largest absolute Gasteiger partial charge is 0.395 e. The predicted molar refractivity (Wildman–Crippen MR) is 65.0 cm³/mol. The van der Waals surface area contributed by atoms with E-state index < -0.39 is 0 Å². The first kappa shape index (κ1) is 14.2. The lowest BCUT2D eigenvalue weighted by Crippen LogP contribution is -2.37. The first-order valence-corrected chi connectivity index (χ1v) is 6.58. The van der Waals surface area contributed by atoms with Crippen LogP contribution in [0.1, 0.15) is 12.8 Å². The van der Waals surface area contributed by atoms with Gasteiger partial charge in [-0.3, -0.25) is 0 Å². The fraction of sp³-hybridized carbons (Fsp3) is 1.00. The van der Waals surface area contributed by atoms with E-state index >= 15 is 0 Å². The van der Waals surface area contributed by atoms with Crippen molar-refractivity contribution in [1.29, 1.82) is 0 Å². The molecule has 0 radical (unpaired) electrons. The Hall–Kier alpha value is 0.230. The molecular formula is C10H24N2OS. The van der Waals surface area contributed by atoms with Crippen molar-refractivity contribution < 1.29 is 5.11 Å². The summed E-state index contributed by atoms with van der Waals surface area (Å²) in [6, 6.07) is 0.280. The van der Waals surface area contributed by atoms with Crippen LogP contribution in [0.15, 0.2) is 0 Å². The standard InChI is InChI=1S/C10H24N2OS/c1-12(2)7-6-11-10(9-13)5-4-8-14-3/h10-11,13H,4-9H2,1-3H3. The van der Waals surface area contributed by atoms with Gasteiger partial charge >= 0.3 is 0 Å². The maximum Gasteiger partial charge on any atom is 0.0584 e. The molecule has 0 heterocycles. The second-order valence-electron chi connectivity index (χ2n) is 3.77. The van der Waals surface area contributed by atoms with Crippen LogP contribution in [-0.2, 0) is 0 Å². The summed E-state index contributed by atoms with van der Waals surface area (Å²) in [5.74, 6) is 1.19. The van der Waals surface area contributed by atoms with Gasteiger partial charge in [-0.15, -0.1) is 0 Å². The van der Waals surface area contributed by atoms with E-state index in [-0.39, 0.29) is 12.6 Å². The Morgan fingerprint density at radius 2 is 2.14 bits per heavy atom. The molecular weight excluding hydrogens is 196 g/mol. The van der Waals surface area contributed by atoms with Gasteiger partial charge in [0.25, 0.3) is 0 Å². The van der Waals surface area contributed by atoms with Crippen LogP contribution in [-0.4, -0.2) is 61.8 Å². The fourth-order valence-corrected chi connectivity index (χ4v) is 1.68. The van der Waals surface area contributed by atoms with Gasteiger partial charge in [-0.05, 0) is 38.9 Å². The maximum absolute atomic E-state index is 9.11. The first-order chi connectivity index (χ1) is 6.70. The number of likely N-dealkylation sites (N-methyl/N-ethyl adjacent to an activating group) is 1. The summed E-state index contributed by atoms with van der Waals surface area (Å²) in [6.07, 6.45) is 4.37. The van der Waals surface area contributed by atoms with Crippen molar-refractivity contribution in [3.8, 4) is 0 Å². The number of thioether (sulfide) groups is 1. The predicted octanol–water partition coefficient (Wildman–Crippen LogP) is 0.642. The van der Waals surface area contributed by atoms with E-state index in [1.54, 1.807) is 0 Å². The highest BCUT2D eigenvalue weighted by molar-refractivity contribution is 7.98. The lowest BCUT2D eigenvalue weighted by atomic mass is 10.2. The van der Waals surface area contributed by atoms with Crippen LogP contribution < -0.4 is 5.32 Å². The highest BCUT2D eigenvalue weighted by Crippen LogP contribution is 2.02. The lowest BCUT2D eigenvalue weighted by molar-refractivity contribution is 0.231. The van der Waals surface area contributed by atoms with Crippen LogP contribution in [0.2, 0.25) is 0 Å². The Morgan fingerprint density at radius 1 is 1.43 bits per heavy atom. The number of nitrogens with zero attached hydrogens (tertiary/aromatic N) is 1. The van der Waals surface area contributed by atoms with Crippen LogP contribution in [0.3, 0.4) is 0 Å². The molecule has 0 saturated carbocycles. The lowest BCUT2D eigenvalue weighted by Gasteiger charge is -2.17. The quantitative estimate of drug-likeness (QED) is 0.559. The average Bonchev–Trinajstić information content (AvgIpc) is 2.15. The summed E-state index contributed by atoms with van der Waals surface area (Å²) in [6.45, 7) is 2.23. The topological polar surface area (TPSA) is 35.5 Å². The van der Waals surface area contributed by atoms with Crippen molar-refractivity contribution in [2.45, 2.75) is 18.9 Å². The molecule has 0 fully saturated rings. The molecule has 3 nitrogen and oxygen atoms in total. The molecule has 4 heteroatoms. The van der Waals surface area contributed by atoms with Gasteiger partial charge in [-0.2, -0.15) is 11.8 Å². The molecule has 0 aliphatic carbocycles. The minimum atomic E-state index is 0.252. The molecule has 0 aromatic carbocycles. The van der Waals surface area contributed by atoms with Gasteiger partial charge in [0.15, 0.2) is 0 Å². The Kier molecular flexibility index (Phi) is 9.93. The van der Waals surface area contributed by atoms with Gasteiger partial charge in [0.1, 0.15) is 0 Å². The summed E-state index contributed by atoms with van der Waals surface area (Å²) < 4.78 is 0. The zero-order valence-electron chi connectivity index (χ0n) is 9.62. The molecule has 1 unspecified atom stereocenters. The number of hydrogen-bond acceptors (Lipinski definition) is 4. The number of nitrogens with one attached hydrogen (secondary N) is 1. The Balaban J connectivity index is 3.38. The normalized spacial score (nSPS) is 13.5. The van der Waals surface area contributed by atoms with Crippen molar-refractivity contribution in [2.24, 2.45) is 0 Å². The monoisotopic (exact) mass is 220 g/mol. The molecule has 1 atom stereocenters. The Bertz CT molecular complexity index is 123. The van der Waals surface area contributed by atoms with E-state index in [2.05, 4.69) is 30.6 Å². The fourth-order valence-electron chi connectivity index (χ4n) is 1.22. The van der Waals surface area contributed by atoms with E-state index in [1.165, 1.54) is 12.2 Å². The second kappa shape index (κ2) is 9.77. The molecule has 0 amide bonds. The van der Waals surface area contributed by atoms with Gasteiger partial charge in [-0.1, -0.05) is 0 Å².